The van der Waals surface area contributed by atoms with Gasteiger partial charge in [-0.25, -0.2) is 14.6 Å². The molecule has 0 aliphatic carbocycles. The second kappa shape index (κ2) is 7.55. The van der Waals surface area contributed by atoms with Gasteiger partial charge in [-0.1, -0.05) is 18.2 Å². The predicted molar refractivity (Wildman–Crippen MR) is 104 cm³/mol. The number of fused-ring (bicyclic) bond motifs is 2. The SMILES string of the molecule is Cc1c(C(=O)OCCOC(=O)c2ccccc2)sc2nc3n(c(=O)c12)CCC3. The second-order valence-electron chi connectivity index (χ2n) is 6.46. The lowest BCUT2D eigenvalue weighted by Gasteiger charge is -2.06. The molecule has 1 aliphatic heterocycles. The van der Waals surface area contributed by atoms with Crippen LogP contribution in [0.5, 0.6) is 0 Å². The van der Waals surface area contributed by atoms with E-state index in [1.807, 2.05) is 0 Å². The topological polar surface area (TPSA) is 87.5 Å². The van der Waals surface area contributed by atoms with E-state index in [2.05, 4.69) is 4.98 Å². The molecule has 0 saturated carbocycles. The maximum atomic E-state index is 12.7. The molecule has 7 nitrogen and oxygen atoms in total. The zero-order chi connectivity index (χ0) is 19.7. The molecule has 2 aromatic heterocycles. The third kappa shape index (κ3) is 3.31. The Morgan fingerprint density at radius 2 is 1.86 bits per heavy atom. The van der Waals surface area contributed by atoms with Gasteiger partial charge in [0.2, 0.25) is 0 Å². The Kier molecular flexibility index (Phi) is 4.95. The lowest BCUT2D eigenvalue weighted by Crippen LogP contribution is -2.20. The molecule has 0 radical (unpaired) electrons. The molecule has 0 bridgehead atoms. The molecule has 1 aliphatic rings. The number of rotatable bonds is 5. The maximum absolute atomic E-state index is 12.7. The molecule has 28 heavy (non-hydrogen) atoms. The Morgan fingerprint density at radius 1 is 1.14 bits per heavy atom. The molecule has 0 amide bonds. The standard InChI is InChI=1S/C20H18N2O5S/c1-12-15-17(21-14-8-5-9-22(14)18(15)23)28-16(12)20(25)27-11-10-26-19(24)13-6-3-2-4-7-13/h2-4,6-7H,5,8-11H2,1H3. The van der Waals surface area contributed by atoms with Gasteiger partial charge in [0.05, 0.1) is 10.9 Å². The molecular formula is C20H18N2O5S. The number of esters is 2. The summed E-state index contributed by atoms with van der Waals surface area (Å²) >= 11 is 1.17. The van der Waals surface area contributed by atoms with Gasteiger partial charge >= 0.3 is 11.9 Å². The van der Waals surface area contributed by atoms with Crippen LogP contribution in [-0.2, 0) is 22.4 Å². The van der Waals surface area contributed by atoms with Gasteiger partial charge in [0.1, 0.15) is 28.7 Å². The van der Waals surface area contributed by atoms with Gasteiger partial charge in [-0.15, -0.1) is 11.3 Å². The summed E-state index contributed by atoms with van der Waals surface area (Å²) < 4.78 is 12.0. The van der Waals surface area contributed by atoms with Gasteiger partial charge in [0.25, 0.3) is 5.56 Å². The van der Waals surface area contributed by atoms with E-state index >= 15 is 0 Å². The summed E-state index contributed by atoms with van der Waals surface area (Å²) in [6, 6.07) is 8.59. The van der Waals surface area contributed by atoms with Crippen molar-refractivity contribution in [1.29, 1.82) is 0 Å². The highest BCUT2D eigenvalue weighted by Gasteiger charge is 2.24. The number of carbonyl (C=O) groups excluding carboxylic acids is 2. The number of benzene rings is 1. The van der Waals surface area contributed by atoms with E-state index in [9.17, 15) is 14.4 Å². The number of thiophene rings is 1. The number of hydrogen-bond acceptors (Lipinski definition) is 7. The summed E-state index contributed by atoms with van der Waals surface area (Å²) in [4.78, 5) is 42.4. The van der Waals surface area contributed by atoms with Gasteiger partial charge in [-0.2, -0.15) is 0 Å². The Morgan fingerprint density at radius 3 is 2.61 bits per heavy atom. The fraction of sp³-hybridized carbons (Fsp3) is 0.300. The van der Waals surface area contributed by atoms with E-state index in [0.29, 0.717) is 32.8 Å². The van der Waals surface area contributed by atoms with Crippen LogP contribution < -0.4 is 5.56 Å². The average Bonchev–Trinajstić information content (AvgIpc) is 3.30. The monoisotopic (exact) mass is 398 g/mol. The van der Waals surface area contributed by atoms with Crippen LogP contribution in [0.4, 0.5) is 0 Å². The molecule has 8 heteroatoms. The van der Waals surface area contributed by atoms with Gasteiger partial charge in [0.15, 0.2) is 0 Å². The minimum atomic E-state index is -0.541. The number of hydrogen-bond donors (Lipinski definition) is 0. The minimum Gasteiger partial charge on any atom is -0.458 e. The summed E-state index contributed by atoms with van der Waals surface area (Å²) in [7, 11) is 0. The van der Waals surface area contributed by atoms with E-state index in [0.717, 1.165) is 18.7 Å². The van der Waals surface area contributed by atoms with E-state index in [-0.39, 0.29) is 18.8 Å². The highest BCUT2D eigenvalue weighted by Crippen LogP contribution is 2.29. The van der Waals surface area contributed by atoms with Gasteiger partial charge in [0, 0.05) is 13.0 Å². The molecule has 3 heterocycles. The molecule has 1 aromatic carbocycles. The van der Waals surface area contributed by atoms with Crippen molar-refractivity contribution in [1.82, 2.24) is 9.55 Å². The van der Waals surface area contributed by atoms with Crippen molar-refractivity contribution in [3.63, 3.8) is 0 Å². The largest absolute Gasteiger partial charge is 0.458 e. The molecule has 0 fully saturated rings. The lowest BCUT2D eigenvalue weighted by molar-refractivity contribution is 0.0268. The smallest absolute Gasteiger partial charge is 0.348 e. The van der Waals surface area contributed by atoms with Crippen LogP contribution in [0.15, 0.2) is 35.1 Å². The molecule has 144 valence electrons. The van der Waals surface area contributed by atoms with E-state index < -0.39 is 11.9 Å². The van der Waals surface area contributed by atoms with Crippen LogP contribution in [0, 0.1) is 6.92 Å². The number of aryl methyl sites for hydroxylation is 2. The van der Waals surface area contributed by atoms with Gasteiger partial charge in [-0.05, 0) is 31.0 Å². The first-order chi connectivity index (χ1) is 13.6. The van der Waals surface area contributed by atoms with Crippen molar-refractivity contribution in [2.75, 3.05) is 13.2 Å². The first-order valence-electron chi connectivity index (χ1n) is 8.98. The van der Waals surface area contributed by atoms with Crippen LogP contribution in [0.25, 0.3) is 10.2 Å². The molecule has 4 rings (SSSR count). The maximum Gasteiger partial charge on any atom is 0.348 e. The number of nitrogens with zero attached hydrogens (tertiary/aromatic N) is 2. The van der Waals surface area contributed by atoms with E-state index in [1.54, 1.807) is 41.8 Å². The Labute approximate surface area is 164 Å². The van der Waals surface area contributed by atoms with E-state index in [1.165, 1.54) is 11.3 Å². The zero-order valence-corrected chi connectivity index (χ0v) is 16.1. The van der Waals surface area contributed by atoms with Gasteiger partial charge < -0.3 is 9.47 Å². The van der Waals surface area contributed by atoms with Crippen LogP contribution >= 0.6 is 11.3 Å². The molecule has 0 saturated heterocycles. The van der Waals surface area contributed by atoms with Crippen molar-refractivity contribution < 1.29 is 19.1 Å². The fourth-order valence-corrected chi connectivity index (χ4v) is 4.35. The molecule has 0 atom stereocenters. The minimum absolute atomic E-state index is 0.0430. The van der Waals surface area contributed by atoms with Crippen molar-refractivity contribution in [2.24, 2.45) is 0 Å². The summed E-state index contributed by atoms with van der Waals surface area (Å²) in [6.45, 7) is 2.29. The second-order valence-corrected chi connectivity index (χ2v) is 7.46. The Hall–Kier alpha value is -3.00. The van der Waals surface area contributed by atoms with Crippen LogP contribution in [0.2, 0.25) is 0 Å². The number of carbonyl (C=O) groups is 2. The lowest BCUT2D eigenvalue weighted by atomic mass is 10.2. The Bertz CT molecular complexity index is 1120. The number of ether oxygens (including phenoxy) is 2. The molecule has 0 N–H and O–H groups in total. The highest BCUT2D eigenvalue weighted by atomic mass is 32.1. The predicted octanol–water partition coefficient (Wildman–Crippen LogP) is 2.73. The normalized spacial score (nSPS) is 12.8. The molecule has 0 unspecified atom stereocenters. The fourth-order valence-electron chi connectivity index (χ4n) is 3.26. The Balaban J connectivity index is 1.42. The highest BCUT2D eigenvalue weighted by molar-refractivity contribution is 7.20. The first kappa shape index (κ1) is 18.4. The van der Waals surface area contributed by atoms with Crippen molar-refractivity contribution in [3.05, 3.63) is 62.5 Å². The van der Waals surface area contributed by atoms with Gasteiger partial charge in [-0.3, -0.25) is 9.36 Å². The first-order valence-corrected chi connectivity index (χ1v) is 9.80. The average molecular weight is 398 g/mol. The summed E-state index contributed by atoms with van der Waals surface area (Å²) in [5, 5.41) is 0.484. The van der Waals surface area contributed by atoms with Crippen LogP contribution in [-0.4, -0.2) is 34.7 Å². The summed E-state index contributed by atoms with van der Waals surface area (Å²) in [5.74, 6) is -0.242. The molecule has 3 aromatic rings. The third-order valence-electron chi connectivity index (χ3n) is 4.66. The summed E-state index contributed by atoms with van der Waals surface area (Å²) in [5.41, 5.74) is 0.932. The van der Waals surface area contributed by atoms with Crippen molar-refractivity contribution in [3.8, 4) is 0 Å². The van der Waals surface area contributed by atoms with Crippen LogP contribution in [0.1, 0.15) is 37.8 Å². The van der Waals surface area contributed by atoms with Crippen LogP contribution in [0.3, 0.4) is 0 Å². The third-order valence-corrected chi connectivity index (χ3v) is 5.82. The van der Waals surface area contributed by atoms with E-state index in [4.69, 9.17) is 9.47 Å². The van der Waals surface area contributed by atoms with Crippen molar-refractivity contribution in [2.45, 2.75) is 26.3 Å². The molecular weight excluding hydrogens is 380 g/mol. The molecule has 0 spiro atoms. The zero-order valence-electron chi connectivity index (χ0n) is 15.3. The number of aromatic nitrogens is 2. The summed E-state index contributed by atoms with van der Waals surface area (Å²) in [6.07, 6.45) is 1.68. The quantitative estimate of drug-likeness (QED) is 0.485. The van der Waals surface area contributed by atoms with Crippen molar-refractivity contribution >= 4 is 33.5 Å².